The first kappa shape index (κ1) is 13.6. The number of rotatable bonds is 3. The number of aliphatic hydroxyl groups is 2. The lowest BCUT2D eigenvalue weighted by Crippen LogP contribution is -2.56. The molecule has 2 aliphatic heterocycles. The van der Waals surface area contributed by atoms with Crippen LogP contribution in [0.2, 0.25) is 0 Å². The van der Waals surface area contributed by atoms with E-state index < -0.39 is 30.2 Å². The molecule has 2 heterocycles. The molecule has 0 amide bonds. The summed E-state index contributed by atoms with van der Waals surface area (Å²) in [5, 5.41) is 19.5. The average Bonchev–Trinajstić information content (AvgIpc) is 2.59. The smallest absolute Gasteiger partial charge is 0.164 e. The second-order valence-electron chi connectivity index (χ2n) is 4.74. The third-order valence-corrected chi connectivity index (χ3v) is 4.02. The molecule has 0 aromatic carbocycles. The molecule has 2 saturated heterocycles. The van der Waals surface area contributed by atoms with Gasteiger partial charge in [0.2, 0.25) is 0 Å². The van der Waals surface area contributed by atoms with Gasteiger partial charge in [0.25, 0.3) is 0 Å². The van der Waals surface area contributed by atoms with Crippen molar-refractivity contribution in [1.29, 1.82) is 0 Å². The Morgan fingerprint density at radius 3 is 2.47 bits per heavy atom. The highest BCUT2D eigenvalue weighted by atomic mass is 32.2. The molecule has 0 spiro atoms. The Hall–Kier alpha value is 0.150. The Morgan fingerprint density at radius 1 is 1.24 bits per heavy atom. The summed E-state index contributed by atoms with van der Waals surface area (Å²) in [6, 6.07) is 0. The van der Waals surface area contributed by atoms with E-state index in [1.165, 1.54) is 11.8 Å². The average molecular weight is 264 g/mol. The van der Waals surface area contributed by atoms with E-state index in [4.69, 9.17) is 14.2 Å². The third kappa shape index (κ3) is 2.62. The van der Waals surface area contributed by atoms with Gasteiger partial charge in [0, 0.05) is 0 Å². The monoisotopic (exact) mass is 264 g/mol. The van der Waals surface area contributed by atoms with Gasteiger partial charge in [-0.05, 0) is 19.6 Å². The Kier molecular flexibility index (Phi) is 4.02. The molecule has 0 aromatic rings. The molecule has 2 N–H and O–H groups in total. The first-order valence-electron chi connectivity index (χ1n) is 5.90. The molecular formula is C11H20O5S. The van der Waals surface area contributed by atoms with Crippen LogP contribution in [0.15, 0.2) is 0 Å². The minimum atomic E-state index is -0.737. The van der Waals surface area contributed by atoms with Gasteiger partial charge in [-0.2, -0.15) is 0 Å². The molecule has 2 aliphatic rings. The fourth-order valence-electron chi connectivity index (χ4n) is 2.30. The lowest BCUT2D eigenvalue weighted by Gasteiger charge is -2.39. The number of fused-ring (bicyclic) bond motifs is 1. The summed E-state index contributed by atoms with van der Waals surface area (Å²) in [4.78, 5) is 0. The minimum absolute atomic E-state index is 0.131. The molecule has 0 aromatic heterocycles. The van der Waals surface area contributed by atoms with Gasteiger partial charge >= 0.3 is 0 Å². The molecule has 2 fully saturated rings. The van der Waals surface area contributed by atoms with E-state index in [9.17, 15) is 10.2 Å². The van der Waals surface area contributed by atoms with Crippen LogP contribution >= 0.6 is 11.8 Å². The maximum Gasteiger partial charge on any atom is 0.164 e. The Bertz CT molecular complexity index is 273. The van der Waals surface area contributed by atoms with Crippen LogP contribution in [0.3, 0.4) is 0 Å². The molecule has 100 valence electrons. The molecule has 0 radical (unpaired) electrons. The number of hydrogen-bond acceptors (Lipinski definition) is 6. The van der Waals surface area contributed by atoms with Gasteiger partial charge in [0.1, 0.15) is 29.9 Å². The zero-order valence-corrected chi connectivity index (χ0v) is 11.1. The maximum atomic E-state index is 10.2. The molecule has 5 nitrogen and oxygen atoms in total. The molecule has 0 saturated carbocycles. The number of ether oxygens (including phenoxy) is 3. The van der Waals surface area contributed by atoms with Gasteiger partial charge in [0.15, 0.2) is 5.79 Å². The molecular weight excluding hydrogens is 244 g/mol. The van der Waals surface area contributed by atoms with E-state index in [1.54, 1.807) is 13.8 Å². The predicted molar refractivity (Wildman–Crippen MR) is 63.7 cm³/mol. The Morgan fingerprint density at radius 2 is 1.88 bits per heavy atom. The summed E-state index contributed by atoms with van der Waals surface area (Å²) < 4.78 is 17.0. The van der Waals surface area contributed by atoms with Gasteiger partial charge in [0.05, 0.1) is 6.61 Å². The van der Waals surface area contributed by atoms with Crippen molar-refractivity contribution < 1.29 is 24.4 Å². The van der Waals surface area contributed by atoms with Crippen LogP contribution in [0.5, 0.6) is 0 Å². The molecule has 0 bridgehead atoms. The first-order valence-corrected chi connectivity index (χ1v) is 6.95. The first-order chi connectivity index (χ1) is 7.98. The van der Waals surface area contributed by atoms with E-state index in [0.29, 0.717) is 0 Å². The van der Waals surface area contributed by atoms with E-state index in [1.807, 2.05) is 6.92 Å². The van der Waals surface area contributed by atoms with Gasteiger partial charge in [-0.25, -0.2) is 0 Å². The SMILES string of the molecule is CCS[C@@H]1O[C@H](CO)[C@@H]2OC(C)(C)O[C@@H]2[C@H]1O. The summed E-state index contributed by atoms with van der Waals surface area (Å²) in [7, 11) is 0. The standard InChI is InChI=1S/C11H20O5S/c1-4-17-10-7(13)9-8(6(5-12)14-10)15-11(2,3)16-9/h6-10,12-13H,4-5H2,1-3H3/t6-,7-,8+,9-,10+/m1/s1. The minimum Gasteiger partial charge on any atom is -0.394 e. The van der Waals surface area contributed by atoms with Crippen molar-refractivity contribution in [3.63, 3.8) is 0 Å². The van der Waals surface area contributed by atoms with Crippen molar-refractivity contribution in [2.75, 3.05) is 12.4 Å². The lowest BCUT2D eigenvalue weighted by molar-refractivity contribution is -0.168. The van der Waals surface area contributed by atoms with E-state index in [0.717, 1.165) is 5.75 Å². The molecule has 0 unspecified atom stereocenters. The van der Waals surface area contributed by atoms with Crippen LogP contribution in [-0.4, -0.2) is 58.2 Å². The second-order valence-corrected chi connectivity index (χ2v) is 6.11. The van der Waals surface area contributed by atoms with Gasteiger partial charge in [-0.1, -0.05) is 6.92 Å². The summed E-state index contributed by atoms with van der Waals surface area (Å²) in [5.74, 6) is 0.0976. The fourth-order valence-corrected chi connectivity index (χ4v) is 3.20. The Labute approximate surface area is 105 Å². The van der Waals surface area contributed by atoms with E-state index in [-0.39, 0.29) is 12.0 Å². The van der Waals surface area contributed by atoms with Gasteiger partial charge in [-0.3, -0.25) is 0 Å². The van der Waals surface area contributed by atoms with Crippen molar-refractivity contribution in [2.24, 2.45) is 0 Å². The normalized spacial score (nSPS) is 44.6. The topological polar surface area (TPSA) is 68.2 Å². The zero-order valence-electron chi connectivity index (χ0n) is 10.3. The van der Waals surface area contributed by atoms with Crippen molar-refractivity contribution in [1.82, 2.24) is 0 Å². The summed E-state index contributed by atoms with van der Waals surface area (Å²) >= 11 is 1.51. The van der Waals surface area contributed by atoms with E-state index in [2.05, 4.69) is 0 Å². The van der Waals surface area contributed by atoms with Crippen LogP contribution in [0.25, 0.3) is 0 Å². The van der Waals surface area contributed by atoms with Gasteiger partial charge in [-0.15, -0.1) is 11.8 Å². The van der Waals surface area contributed by atoms with Crippen LogP contribution < -0.4 is 0 Å². The summed E-state index contributed by atoms with van der Waals surface area (Å²) in [6.07, 6.45) is -2.00. The second kappa shape index (κ2) is 5.03. The fraction of sp³-hybridized carbons (Fsp3) is 1.00. The van der Waals surface area contributed by atoms with Crippen molar-refractivity contribution in [3.05, 3.63) is 0 Å². The van der Waals surface area contributed by atoms with Crippen molar-refractivity contribution in [2.45, 2.75) is 56.4 Å². The Balaban J connectivity index is 2.14. The van der Waals surface area contributed by atoms with Crippen LogP contribution in [0.4, 0.5) is 0 Å². The highest BCUT2D eigenvalue weighted by Crippen LogP contribution is 2.39. The maximum absolute atomic E-state index is 10.2. The highest BCUT2D eigenvalue weighted by molar-refractivity contribution is 7.99. The van der Waals surface area contributed by atoms with Crippen LogP contribution in [0.1, 0.15) is 20.8 Å². The predicted octanol–water partition coefficient (Wildman–Crippen LogP) is 0.338. The zero-order chi connectivity index (χ0) is 12.6. The number of aliphatic hydroxyl groups excluding tert-OH is 2. The largest absolute Gasteiger partial charge is 0.394 e. The molecule has 0 aliphatic carbocycles. The van der Waals surface area contributed by atoms with Gasteiger partial charge < -0.3 is 24.4 Å². The summed E-state index contributed by atoms with van der Waals surface area (Å²) in [5.41, 5.74) is -0.365. The number of thioether (sulfide) groups is 1. The molecule has 2 rings (SSSR count). The molecule has 6 heteroatoms. The molecule has 5 atom stereocenters. The van der Waals surface area contributed by atoms with Crippen molar-refractivity contribution >= 4 is 11.8 Å². The quantitative estimate of drug-likeness (QED) is 0.766. The van der Waals surface area contributed by atoms with E-state index >= 15 is 0 Å². The van der Waals surface area contributed by atoms with Crippen LogP contribution in [-0.2, 0) is 14.2 Å². The lowest BCUT2D eigenvalue weighted by atomic mass is 10.0. The molecule has 17 heavy (non-hydrogen) atoms. The van der Waals surface area contributed by atoms with Crippen LogP contribution in [0, 0.1) is 0 Å². The third-order valence-electron chi connectivity index (χ3n) is 2.97. The highest BCUT2D eigenvalue weighted by Gasteiger charge is 2.54. The van der Waals surface area contributed by atoms with Crippen molar-refractivity contribution in [3.8, 4) is 0 Å². The summed E-state index contributed by atoms with van der Waals surface area (Å²) in [6.45, 7) is 5.47. The number of hydrogen-bond donors (Lipinski definition) is 2.